The third-order valence-electron chi connectivity index (χ3n) is 5.04. The molecule has 34 heavy (non-hydrogen) atoms. The summed E-state index contributed by atoms with van der Waals surface area (Å²) >= 11 is 1.46. The van der Waals surface area contributed by atoms with Gasteiger partial charge in [0, 0.05) is 28.1 Å². The molecule has 2 aromatic carbocycles. The molecule has 10 heteroatoms. The summed E-state index contributed by atoms with van der Waals surface area (Å²) in [5.74, 6) is -0.495. The number of carbonyl (C=O) groups is 2. The Kier molecular flexibility index (Phi) is 7.29. The minimum absolute atomic E-state index is 0.0235. The van der Waals surface area contributed by atoms with E-state index in [1.807, 2.05) is 17.5 Å². The first-order valence-corrected chi connectivity index (χ1v) is 11.1. The Morgan fingerprint density at radius 3 is 2.68 bits per heavy atom. The van der Waals surface area contributed by atoms with E-state index in [1.165, 1.54) is 49.8 Å². The molecule has 1 N–H and O–H groups in total. The molecule has 0 aliphatic carbocycles. The van der Waals surface area contributed by atoms with E-state index < -0.39 is 11.8 Å². The minimum atomic E-state index is -0.738. The van der Waals surface area contributed by atoms with E-state index in [2.05, 4.69) is 5.32 Å². The third kappa shape index (κ3) is 5.29. The molecular weight excluding hydrogens is 465 g/mol. The van der Waals surface area contributed by atoms with Crippen molar-refractivity contribution in [1.82, 2.24) is 0 Å². The summed E-state index contributed by atoms with van der Waals surface area (Å²) in [6.07, 6.45) is 0.148. The van der Waals surface area contributed by atoms with Crippen LogP contribution in [0.3, 0.4) is 0 Å². The lowest BCUT2D eigenvalue weighted by Crippen LogP contribution is -2.18. The molecule has 0 radical (unpaired) electrons. The molecular formula is C24H22FNO7S. The fourth-order valence-electron chi connectivity index (χ4n) is 3.50. The lowest BCUT2D eigenvalue weighted by molar-refractivity contribution is -0.115. The van der Waals surface area contributed by atoms with Gasteiger partial charge in [0.05, 0.1) is 38.5 Å². The number of benzene rings is 2. The summed E-state index contributed by atoms with van der Waals surface area (Å²) in [4.78, 5) is 26.5. The molecule has 1 aliphatic rings. The Balaban J connectivity index is 1.57. The van der Waals surface area contributed by atoms with Crippen molar-refractivity contribution in [2.75, 3.05) is 26.3 Å². The molecule has 0 bridgehead atoms. The number of methoxy groups -OCH3 is 2. The van der Waals surface area contributed by atoms with Crippen LogP contribution in [0.2, 0.25) is 0 Å². The summed E-state index contributed by atoms with van der Waals surface area (Å²) in [6.45, 7) is -0.0182. The number of esters is 1. The molecule has 178 valence electrons. The highest BCUT2D eigenvalue weighted by atomic mass is 32.1. The highest BCUT2D eigenvalue weighted by molar-refractivity contribution is 7.10. The molecule has 8 nitrogen and oxygen atoms in total. The van der Waals surface area contributed by atoms with E-state index in [9.17, 15) is 14.0 Å². The molecule has 0 fully saturated rings. The number of ether oxygens (including phenoxy) is 5. The van der Waals surface area contributed by atoms with Gasteiger partial charge in [0.15, 0.2) is 18.3 Å². The largest absolute Gasteiger partial charge is 0.493 e. The quantitative estimate of drug-likeness (QED) is 0.474. The molecule has 4 rings (SSSR count). The Bertz CT molecular complexity index is 1200. The molecule has 0 spiro atoms. The maximum Gasteiger partial charge on any atom is 0.340 e. The zero-order valence-electron chi connectivity index (χ0n) is 18.5. The summed E-state index contributed by atoms with van der Waals surface area (Å²) in [7, 11) is 2.88. The number of thiophene rings is 1. The lowest BCUT2D eigenvalue weighted by Gasteiger charge is -2.21. The van der Waals surface area contributed by atoms with Gasteiger partial charge < -0.3 is 29.0 Å². The van der Waals surface area contributed by atoms with Crippen molar-refractivity contribution < 1.29 is 37.7 Å². The number of carbonyl (C=O) groups excluding carboxylic acids is 2. The predicted octanol–water partition coefficient (Wildman–Crippen LogP) is 4.31. The number of amides is 1. The smallest absolute Gasteiger partial charge is 0.340 e. The van der Waals surface area contributed by atoms with Crippen LogP contribution in [-0.2, 0) is 33.9 Å². The van der Waals surface area contributed by atoms with Crippen LogP contribution in [0.1, 0.15) is 26.4 Å². The number of nitrogens with one attached hydrogen (secondary N) is 1. The predicted molar refractivity (Wildman–Crippen MR) is 122 cm³/mol. The van der Waals surface area contributed by atoms with Gasteiger partial charge in [0.2, 0.25) is 5.91 Å². The summed E-state index contributed by atoms with van der Waals surface area (Å²) < 4.78 is 40.7. The summed E-state index contributed by atoms with van der Waals surface area (Å²) in [5, 5.41) is 4.62. The van der Waals surface area contributed by atoms with E-state index in [-0.39, 0.29) is 49.3 Å². The van der Waals surface area contributed by atoms with Crippen LogP contribution in [0.5, 0.6) is 17.2 Å². The Morgan fingerprint density at radius 2 is 1.94 bits per heavy atom. The van der Waals surface area contributed by atoms with E-state index in [0.29, 0.717) is 22.6 Å². The molecule has 1 amide bonds. The molecule has 0 saturated heterocycles. The highest BCUT2D eigenvalue weighted by Crippen LogP contribution is 2.35. The SMILES string of the molecule is COc1cc(NC(=O)Cc2cccs2)c(C(=O)OCc2cc(F)cc3c2OCOC3)cc1OC. The summed E-state index contributed by atoms with van der Waals surface area (Å²) in [6, 6.07) is 9.18. The van der Waals surface area contributed by atoms with E-state index in [1.54, 1.807) is 0 Å². The van der Waals surface area contributed by atoms with Crippen molar-refractivity contribution in [3.05, 3.63) is 69.2 Å². The topological polar surface area (TPSA) is 92.3 Å². The zero-order chi connectivity index (χ0) is 24.1. The first kappa shape index (κ1) is 23.5. The number of hydrogen-bond acceptors (Lipinski definition) is 8. The van der Waals surface area contributed by atoms with E-state index in [4.69, 9.17) is 23.7 Å². The van der Waals surface area contributed by atoms with Crippen LogP contribution >= 0.6 is 11.3 Å². The lowest BCUT2D eigenvalue weighted by atomic mass is 10.1. The number of anilines is 1. The van der Waals surface area contributed by atoms with Crippen LogP contribution in [-0.4, -0.2) is 32.9 Å². The number of fused-ring (bicyclic) bond motifs is 1. The highest BCUT2D eigenvalue weighted by Gasteiger charge is 2.22. The number of halogens is 1. The van der Waals surface area contributed by atoms with Crippen LogP contribution in [0, 0.1) is 5.82 Å². The summed E-state index contributed by atoms with van der Waals surface area (Å²) in [5.41, 5.74) is 1.17. The fourth-order valence-corrected chi connectivity index (χ4v) is 4.21. The minimum Gasteiger partial charge on any atom is -0.493 e. The first-order chi connectivity index (χ1) is 16.5. The average Bonchev–Trinajstić information content (AvgIpc) is 3.34. The second-order valence-electron chi connectivity index (χ2n) is 7.30. The Hall–Kier alpha value is -3.63. The first-order valence-electron chi connectivity index (χ1n) is 10.3. The van der Waals surface area contributed by atoms with Gasteiger partial charge in [-0.3, -0.25) is 4.79 Å². The molecule has 0 atom stereocenters. The van der Waals surface area contributed by atoms with Gasteiger partial charge in [0.1, 0.15) is 18.2 Å². The second-order valence-corrected chi connectivity index (χ2v) is 8.33. The van der Waals surface area contributed by atoms with Crippen molar-refractivity contribution >= 4 is 28.9 Å². The number of rotatable bonds is 8. The van der Waals surface area contributed by atoms with Gasteiger partial charge >= 0.3 is 5.97 Å². The Morgan fingerprint density at radius 1 is 1.15 bits per heavy atom. The molecule has 0 saturated carbocycles. The fraction of sp³-hybridized carbons (Fsp3) is 0.250. The maximum atomic E-state index is 14.0. The second kappa shape index (κ2) is 10.5. The van der Waals surface area contributed by atoms with Crippen molar-refractivity contribution in [1.29, 1.82) is 0 Å². The van der Waals surface area contributed by atoms with Crippen molar-refractivity contribution in [3.63, 3.8) is 0 Å². The van der Waals surface area contributed by atoms with Crippen molar-refractivity contribution in [3.8, 4) is 17.2 Å². The standard InChI is InChI=1S/C24H22FNO7S/c1-29-20-9-18(19(10-21(20)30-2)26-22(27)8-17-4-3-5-34-17)24(28)32-12-15-7-16(25)6-14-11-31-13-33-23(14)15/h3-7,9-10H,8,11-13H2,1-2H3,(H,26,27). The Labute approximate surface area is 199 Å². The van der Waals surface area contributed by atoms with Crippen molar-refractivity contribution in [2.24, 2.45) is 0 Å². The van der Waals surface area contributed by atoms with E-state index >= 15 is 0 Å². The van der Waals surface area contributed by atoms with Gasteiger partial charge in [-0.15, -0.1) is 11.3 Å². The van der Waals surface area contributed by atoms with E-state index in [0.717, 1.165) is 4.88 Å². The monoisotopic (exact) mass is 487 g/mol. The number of hydrogen-bond donors (Lipinski definition) is 1. The van der Waals surface area contributed by atoms with Gasteiger partial charge in [-0.1, -0.05) is 6.07 Å². The van der Waals surface area contributed by atoms with Gasteiger partial charge in [-0.2, -0.15) is 0 Å². The average molecular weight is 488 g/mol. The van der Waals surface area contributed by atoms with Gasteiger partial charge in [-0.25, -0.2) is 9.18 Å². The van der Waals surface area contributed by atoms with Crippen LogP contribution in [0.4, 0.5) is 10.1 Å². The van der Waals surface area contributed by atoms with Crippen molar-refractivity contribution in [2.45, 2.75) is 19.6 Å². The molecule has 2 heterocycles. The molecule has 3 aromatic rings. The molecule has 0 unspecified atom stereocenters. The van der Waals surface area contributed by atoms with Crippen LogP contribution in [0.15, 0.2) is 41.8 Å². The van der Waals surface area contributed by atoms with Crippen LogP contribution < -0.4 is 19.5 Å². The zero-order valence-corrected chi connectivity index (χ0v) is 19.3. The maximum absolute atomic E-state index is 14.0. The molecule has 1 aliphatic heterocycles. The normalized spacial score (nSPS) is 12.3. The van der Waals surface area contributed by atoms with Crippen LogP contribution in [0.25, 0.3) is 0 Å². The molecule has 1 aromatic heterocycles. The van der Waals surface area contributed by atoms with Gasteiger partial charge in [-0.05, 0) is 23.6 Å². The van der Waals surface area contributed by atoms with Gasteiger partial charge in [0.25, 0.3) is 0 Å². The third-order valence-corrected chi connectivity index (χ3v) is 5.92.